The second-order valence-corrected chi connectivity index (χ2v) is 8.19. The number of thiazole rings is 1. The van der Waals surface area contributed by atoms with Gasteiger partial charge in [0.15, 0.2) is 5.13 Å². The third-order valence-corrected chi connectivity index (χ3v) is 5.44. The highest BCUT2D eigenvalue weighted by atomic mass is 79.9. The molecule has 0 fully saturated rings. The van der Waals surface area contributed by atoms with Gasteiger partial charge < -0.3 is 4.90 Å². The minimum Gasteiger partial charge on any atom is -0.308 e. The standard InChI is InChI=1S/C19H19BrFN3OS/c1-23(2)9-10-24(18(25)11-13-3-6-15(21)7-4-13)19-22-16-8-5-14(20)12-17(16)26-19/h3-8,12H,9-11H2,1-2H3. The lowest BCUT2D eigenvalue weighted by molar-refractivity contribution is -0.118. The van der Waals surface area contributed by atoms with E-state index in [0.29, 0.717) is 11.7 Å². The largest absolute Gasteiger partial charge is 0.308 e. The summed E-state index contributed by atoms with van der Waals surface area (Å²) in [6.45, 7) is 1.28. The zero-order valence-corrected chi connectivity index (χ0v) is 17.0. The number of hydrogen-bond donors (Lipinski definition) is 0. The number of benzene rings is 2. The van der Waals surface area contributed by atoms with Crippen molar-refractivity contribution in [3.8, 4) is 0 Å². The van der Waals surface area contributed by atoms with Crippen molar-refractivity contribution in [2.75, 3.05) is 32.1 Å². The van der Waals surface area contributed by atoms with Crippen LogP contribution in [0.1, 0.15) is 5.56 Å². The maximum Gasteiger partial charge on any atom is 0.233 e. The van der Waals surface area contributed by atoms with Crippen LogP contribution in [0.4, 0.5) is 9.52 Å². The second kappa shape index (κ2) is 8.24. The van der Waals surface area contributed by atoms with E-state index in [1.165, 1.54) is 23.5 Å². The number of aromatic nitrogens is 1. The summed E-state index contributed by atoms with van der Waals surface area (Å²) < 4.78 is 15.1. The van der Waals surface area contributed by atoms with Gasteiger partial charge >= 0.3 is 0 Å². The van der Waals surface area contributed by atoms with Crippen LogP contribution in [0.2, 0.25) is 0 Å². The number of hydrogen-bond acceptors (Lipinski definition) is 4. The van der Waals surface area contributed by atoms with Crippen LogP contribution in [0.25, 0.3) is 10.2 Å². The summed E-state index contributed by atoms with van der Waals surface area (Å²) in [6.07, 6.45) is 0.216. The highest BCUT2D eigenvalue weighted by Crippen LogP contribution is 2.31. The van der Waals surface area contributed by atoms with Crippen molar-refractivity contribution in [1.29, 1.82) is 0 Å². The normalized spacial score (nSPS) is 11.3. The predicted octanol–water partition coefficient (Wildman–Crippen LogP) is 4.34. The van der Waals surface area contributed by atoms with Crippen molar-refractivity contribution in [2.24, 2.45) is 0 Å². The summed E-state index contributed by atoms with van der Waals surface area (Å²) in [5.74, 6) is -0.348. The third kappa shape index (κ3) is 4.66. The molecule has 0 unspecified atom stereocenters. The van der Waals surface area contributed by atoms with Gasteiger partial charge in [-0.1, -0.05) is 39.4 Å². The molecule has 0 saturated carbocycles. The van der Waals surface area contributed by atoms with Gasteiger partial charge in [-0.25, -0.2) is 9.37 Å². The molecule has 0 N–H and O–H groups in total. The van der Waals surface area contributed by atoms with Crippen molar-refractivity contribution < 1.29 is 9.18 Å². The lowest BCUT2D eigenvalue weighted by Gasteiger charge is -2.22. The number of rotatable bonds is 6. The van der Waals surface area contributed by atoms with Crippen LogP contribution >= 0.6 is 27.3 Å². The van der Waals surface area contributed by atoms with E-state index in [-0.39, 0.29) is 18.1 Å². The zero-order valence-electron chi connectivity index (χ0n) is 14.6. The highest BCUT2D eigenvalue weighted by Gasteiger charge is 2.20. The average Bonchev–Trinajstić information content (AvgIpc) is 2.99. The molecule has 26 heavy (non-hydrogen) atoms. The Morgan fingerprint density at radius 3 is 2.58 bits per heavy atom. The van der Waals surface area contributed by atoms with Gasteiger partial charge in [0.2, 0.25) is 5.91 Å². The molecule has 2 aromatic carbocycles. The summed E-state index contributed by atoms with van der Waals surface area (Å²) in [6, 6.07) is 11.9. The van der Waals surface area contributed by atoms with E-state index in [2.05, 4.69) is 20.9 Å². The molecule has 0 aliphatic heterocycles. The van der Waals surface area contributed by atoms with E-state index >= 15 is 0 Å². The van der Waals surface area contributed by atoms with Crippen molar-refractivity contribution in [3.63, 3.8) is 0 Å². The number of amides is 1. The van der Waals surface area contributed by atoms with Crippen LogP contribution < -0.4 is 4.90 Å². The monoisotopic (exact) mass is 435 g/mol. The molecule has 1 aromatic heterocycles. The summed E-state index contributed by atoms with van der Waals surface area (Å²) in [5.41, 5.74) is 1.66. The quantitative estimate of drug-likeness (QED) is 0.577. The molecule has 3 rings (SSSR count). The third-order valence-electron chi connectivity index (χ3n) is 3.91. The lowest BCUT2D eigenvalue weighted by atomic mass is 10.1. The summed E-state index contributed by atoms with van der Waals surface area (Å²) in [4.78, 5) is 21.3. The molecule has 0 radical (unpaired) electrons. The molecule has 0 atom stereocenters. The predicted molar refractivity (Wildman–Crippen MR) is 108 cm³/mol. The van der Waals surface area contributed by atoms with Crippen molar-refractivity contribution >= 4 is 48.5 Å². The fourth-order valence-electron chi connectivity index (χ4n) is 2.50. The van der Waals surface area contributed by atoms with Gasteiger partial charge in [-0.2, -0.15) is 0 Å². The first-order valence-electron chi connectivity index (χ1n) is 8.18. The summed E-state index contributed by atoms with van der Waals surface area (Å²) in [7, 11) is 3.94. The minimum absolute atomic E-state index is 0.0448. The van der Waals surface area contributed by atoms with Crippen LogP contribution in [-0.4, -0.2) is 43.0 Å². The fraction of sp³-hybridized carbons (Fsp3) is 0.263. The molecule has 0 spiro atoms. The molecule has 4 nitrogen and oxygen atoms in total. The van der Waals surface area contributed by atoms with E-state index in [4.69, 9.17) is 0 Å². The zero-order chi connectivity index (χ0) is 18.7. The van der Waals surface area contributed by atoms with Crippen molar-refractivity contribution in [3.05, 3.63) is 58.3 Å². The number of anilines is 1. The molecule has 0 saturated heterocycles. The van der Waals surface area contributed by atoms with Gasteiger partial charge in [-0.15, -0.1) is 0 Å². The Labute approximate surface area is 164 Å². The average molecular weight is 436 g/mol. The number of fused-ring (bicyclic) bond motifs is 1. The molecule has 1 amide bonds. The molecule has 0 bridgehead atoms. The maximum atomic E-state index is 13.1. The first kappa shape index (κ1) is 18.9. The van der Waals surface area contributed by atoms with Crippen LogP contribution in [0, 0.1) is 5.82 Å². The van der Waals surface area contributed by atoms with E-state index in [1.807, 2.05) is 37.2 Å². The number of halogens is 2. The first-order valence-corrected chi connectivity index (χ1v) is 9.79. The number of nitrogens with zero attached hydrogens (tertiary/aromatic N) is 3. The maximum absolute atomic E-state index is 13.1. The molecule has 1 heterocycles. The molecular formula is C19H19BrFN3OS. The van der Waals surface area contributed by atoms with Gasteiger partial charge in [0, 0.05) is 17.6 Å². The SMILES string of the molecule is CN(C)CCN(C(=O)Cc1ccc(F)cc1)c1nc2ccc(Br)cc2s1. The summed E-state index contributed by atoms with van der Waals surface area (Å²) in [5, 5.41) is 0.687. The van der Waals surface area contributed by atoms with Crippen molar-refractivity contribution in [2.45, 2.75) is 6.42 Å². The van der Waals surface area contributed by atoms with Crippen molar-refractivity contribution in [1.82, 2.24) is 9.88 Å². The Bertz CT molecular complexity index is 911. The molecular weight excluding hydrogens is 417 g/mol. The lowest BCUT2D eigenvalue weighted by Crippen LogP contribution is -2.37. The van der Waals surface area contributed by atoms with Crippen LogP contribution in [-0.2, 0) is 11.2 Å². The van der Waals surface area contributed by atoms with Gasteiger partial charge in [0.05, 0.1) is 16.6 Å². The van der Waals surface area contributed by atoms with E-state index < -0.39 is 0 Å². The smallest absolute Gasteiger partial charge is 0.233 e. The molecule has 136 valence electrons. The molecule has 7 heteroatoms. The Balaban J connectivity index is 1.87. The van der Waals surface area contributed by atoms with Crippen LogP contribution in [0.15, 0.2) is 46.9 Å². The Morgan fingerprint density at radius 2 is 1.88 bits per heavy atom. The van der Waals surface area contributed by atoms with Gasteiger partial charge in [-0.3, -0.25) is 9.69 Å². The first-order chi connectivity index (χ1) is 12.4. The van der Waals surface area contributed by atoms with Crippen LogP contribution in [0.5, 0.6) is 0 Å². The van der Waals surface area contributed by atoms with E-state index in [0.717, 1.165) is 26.8 Å². The number of carbonyl (C=O) groups is 1. The Morgan fingerprint density at radius 1 is 1.15 bits per heavy atom. The van der Waals surface area contributed by atoms with E-state index in [9.17, 15) is 9.18 Å². The Kier molecular flexibility index (Phi) is 6.01. The Hall–Kier alpha value is -1.83. The van der Waals surface area contributed by atoms with Gasteiger partial charge in [0.25, 0.3) is 0 Å². The molecule has 3 aromatic rings. The number of carbonyl (C=O) groups excluding carboxylic acids is 1. The van der Waals surface area contributed by atoms with Gasteiger partial charge in [-0.05, 0) is 50.0 Å². The van der Waals surface area contributed by atoms with Crippen LogP contribution in [0.3, 0.4) is 0 Å². The highest BCUT2D eigenvalue weighted by molar-refractivity contribution is 9.10. The minimum atomic E-state index is -0.303. The van der Waals surface area contributed by atoms with E-state index in [1.54, 1.807) is 17.0 Å². The summed E-state index contributed by atoms with van der Waals surface area (Å²) >= 11 is 4.97. The topological polar surface area (TPSA) is 36.4 Å². The molecule has 0 aliphatic rings. The van der Waals surface area contributed by atoms with Gasteiger partial charge in [0.1, 0.15) is 5.82 Å². The number of likely N-dealkylation sites (N-methyl/N-ethyl adjacent to an activating group) is 1. The second-order valence-electron chi connectivity index (χ2n) is 6.26. The molecule has 0 aliphatic carbocycles. The fourth-order valence-corrected chi connectivity index (χ4v) is 4.06.